The number of hydrogen-bond acceptors (Lipinski definition) is 3. The SMILES string of the molecule is CC(C(=O)O)N1CCN(C(=O)C2CC2(C)C)CC1. The fourth-order valence-corrected chi connectivity index (χ4v) is 2.59. The van der Waals surface area contributed by atoms with Crippen molar-refractivity contribution in [3.05, 3.63) is 0 Å². The molecule has 0 aromatic rings. The van der Waals surface area contributed by atoms with Crippen molar-refractivity contribution in [1.82, 2.24) is 9.80 Å². The summed E-state index contributed by atoms with van der Waals surface area (Å²) in [5.41, 5.74) is 0.169. The lowest BCUT2D eigenvalue weighted by atomic mass is 10.1. The van der Waals surface area contributed by atoms with Crippen LogP contribution in [0.25, 0.3) is 0 Å². The van der Waals surface area contributed by atoms with Gasteiger partial charge in [-0.3, -0.25) is 14.5 Å². The van der Waals surface area contributed by atoms with Crippen LogP contribution < -0.4 is 0 Å². The molecule has 5 heteroatoms. The van der Waals surface area contributed by atoms with E-state index in [-0.39, 0.29) is 17.2 Å². The molecule has 0 spiro atoms. The van der Waals surface area contributed by atoms with Gasteiger partial charge in [0.25, 0.3) is 0 Å². The summed E-state index contributed by atoms with van der Waals surface area (Å²) in [6, 6.07) is -0.459. The predicted octanol–water partition coefficient (Wildman–Crippen LogP) is 0.650. The fourth-order valence-electron chi connectivity index (χ4n) is 2.59. The molecule has 0 bridgehead atoms. The second kappa shape index (κ2) is 4.53. The monoisotopic (exact) mass is 254 g/mol. The Kier molecular flexibility index (Phi) is 3.36. The lowest BCUT2D eigenvalue weighted by molar-refractivity contribution is -0.144. The Morgan fingerprint density at radius 3 is 2.11 bits per heavy atom. The molecule has 2 unspecified atom stereocenters. The number of piperazine rings is 1. The molecular weight excluding hydrogens is 232 g/mol. The van der Waals surface area contributed by atoms with Gasteiger partial charge < -0.3 is 10.0 Å². The number of hydrogen-bond donors (Lipinski definition) is 1. The number of rotatable bonds is 3. The molecule has 5 nitrogen and oxygen atoms in total. The van der Waals surface area contributed by atoms with Crippen molar-refractivity contribution < 1.29 is 14.7 Å². The fraction of sp³-hybridized carbons (Fsp3) is 0.846. The molecule has 2 rings (SSSR count). The third-order valence-corrected chi connectivity index (χ3v) is 4.34. The van der Waals surface area contributed by atoms with Crippen molar-refractivity contribution in [2.45, 2.75) is 33.2 Å². The maximum absolute atomic E-state index is 12.2. The van der Waals surface area contributed by atoms with E-state index in [1.54, 1.807) is 6.92 Å². The smallest absolute Gasteiger partial charge is 0.320 e. The Morgan fingerprint density at radius 1 is 1.22 bits per heavy atom. The first-order chi connectivity index (χ1) is 8.33. The van der Waals surface area contributed by atoms with Crippen LogP contribution in [0.1, 0.15) is 27.2 Å². The van der Waals surface area contributed by atoms with Crippen molar-refractivity contribution in [2.75, 3.05) is 26.2 Å². The van der Waals surface area contributed by atoms with Gasteiger partial charge in [0.1, 0.15) is 6.04 Å². The molecule has 0 radical (unpaired) electrons. The summed E-state index contributed by atoms with van der Waals surface area (Å²) in [6.45, 7) is 8.57. The minimum atomic E-state index is -0.793. The van der Waals surface area contributed by atoms with Crippen LogP contribution in [0.2, 0.25) is 0 Å². The number of aliphatic carboxylic acids is 1. The highest BCUT2D eigenvalue weighted by Gasteiger charge is 2.52. The molecule has 1 heterocycles. The van der Waals surface area contributed by atoms with Gasteiger partial charge in [0.15, 0.2) is 0 Å². The molecule has 1 aliphatic heterocycles. The zero-order valence-electron chi connectivity index (χ0n) is 11.3. The summed E-state index contributed by atoms with van der Waals surface area (Å²) in [4.78, 5) is 26.9. The third kappa shape index (κ3) is 2.51. The summed E-state index contributed by atoms with van der Waals surface area (Å²) < 4.78 is 0. The Bertz CT molecular complexity index is 359. The molecule has 2 atom stereocenters. The number of carbonyl (C=O) groups excluding carboxylic acids is 1. The van der Waals surface area contributed by atoms with Gasteiger partial charge in [-0.25, -0.2) is 0 Å². The summed E-state index contributed by atoms with van der Waals surface area (Å²) >= 11 is 0. The summed E-state index contributed by atoms with van der Waals surface area (Å²) in [5, 5.41) is 8.95. The van der Waals surface area contributed by atoms with Crippen molar-refractivity contribution in [3.8, 4) is 0 Å². The van der Waals surface area contributed by atoms with E-state index in [1.807, 2.05) is 9.80 Å². The minimum Gasteiger partial charge on any atom is -0.480 e. The van der Waals surface area contributed by atoms with Crippen molar-refractivity contribution in [1.29, 1.82) is 0 Å². The van der Waals surface area contributed by atoms with Crippen molar-refractivity contribution in [3.63, 3.8) is 0 Å². The topological polar surface area (TPSA) is 60.9 Å². The molecule has 1 aliphatic carbocycles. The molecule has 2 fully saturated rings. The second-order valence-electron chi connectivity index (χ2n) is 6.12. The van der Waals surface area contributed by atoms with E-state index in [9.17, 15) is 9.59 Å². The number of amides is 1. The van der Waals surface area contributed by atoms with Gasteiger partial charge in [-0.05, 0) is 18.8 Å². The van der Waals surface area contributed by atoms with Crippen molar-refractivity contribution in [2.24, 2.45) is 11.3 Å². The minimum absolute atomic E-state index is 0.169. The van der Waals surface area contributed by atoms with Crippen LogP contribution in [-0.2, 0) is 9.59 Å². The highest BCUT2D eigenvalue weighted by molar-refractivity contribution is 5.82. The lowest BCUT2D eigenvalue weighted by Gasteiger charge is -2.36. The number of carbonyl (C=O) groups is 2. The Labute approximate surface area is 108 Å². The van der Waals surface area contributed by atoms with Gasteiger partial charge >= 0.3 is 5.97 Å². The van der Waals surface area contributed by atoms with Crippen LogP contribution in [0, 0.1) is 11.3 Å². The highest BCUT2D eigenvalue weighted by atomic mass is 16.4. The van der Waals surface area contributed by atoms with Crippen LogP contribution in [0.4, 0.5) is 0 Å². The summed E-state index contributed by atoms with van der Waals surface area (Å²) in [5.74, 6) is -0.360. The van der Waals surface area contributed by atoms with E-state index in [0.717, 1.165) is 6.42 Å². The van der Waals surface area contributed by atoms with E-state index < -0.39 is 12.0 Å². The highest BCUT2D eigenvalue weighted by Crippen LogP contribution is 2.52. The van der Waals surface area contributed by atoms with E-state index in [2.05, 4.69) is 13.8 Å². The predicted molar refractivity (Wildman–Crippen MR) is 67.1 cm³/mol. The maximum Gasteiger partial charge on any atom is 0.320 e. The van der Waals surface area contributed by atoms with Gasteiger partial charge in [0, 0.05) is 32.1 Å². The average molecular weight is 254 g/mol. The van der Waals surface area contributed by atoms with E-state index >= 15 is 0 Å². The molecule has 18 heavy (non-hydrogen) atoms. The maximum atomic E-state index is 12.2. The summed E-state index contributed by atoms with van der Waals surface area (Å²) in [6.07, 6.45) is 0.984. The summed E-state index contributed by atoms with van der Waals surface area (Å²) in [7, 11) is 0. The zero-order valence-corrected chi connectivity index (χ0v) is 11.3. The Balaban J connectivity index is 1.84. The Hall–Kier alpha value is -1.10. The van der Waals surface area contributed by atoms with Gasteiger partial charge in [-0.1, -0.05) is 13.8 Å². The van der Waals surface area contributed by atoms with Gasteiger partial charge in [0.05, 0.1) is 0 Å². The standard InChI is InChI=1S/C13H22N2O3/c1-9(12(17)18)14-4-6-15(7-5-14)11(16)10-8-13(10,2)3/h9-10H,4-8H2,1-3H3,(H,17,18). The largest absolute Gasteiger partial charge is 0.480 e. The first-order valence-electron chi connectivity index (χ1n) is 6.58. The second-order valence-corrected chi connectivity index (χ2v) is 6.12. The first kappa shape index (κ1) is 13.3. The molecule has 1 N–H and O–H groups in total. The molecule has 0 aromatic heterocycles. The number of nitrogens with zero attached hydrogens (tertiary/aromatic N) is 2. The number of carboxylic acid groups (broad SMARTS) is 1. The normalized spacial score (nSPS) is 28.8. The third-order valence-electron chi connectivity index (χ3n) is 4.34. The van der Waals surface area contributed by atoms with Crippen LogP contribution >= 0.6 is 0 Å². The van der Waals surface area contributed by atoms with Gasteiger partial charge in [-0.2, -0.15) is 0 Å². The molecule has 1 saturated carbocycles. The van der Waals surface area contributed by atoms with Crippen molar-refractivity contribution >= 4 is 11.9 Å². The quantitative estimate of drug-likeness (QED) is 0.803. The molecule has 1 amide bonds. The van der Waals surface area contributed by atoms with E-state index in [1.165, 1.54) is 0 Å². The van der Waals surface area contributed by atoms with E-state index in [0.29, 0.717) is 26.2 Å². The lowest BCUT2D eigenvalue weighted by Crippen LogP contribution is -2.53. The first-order valence-corrected chi connectivity index (χ1v) is 6.58. The van der Waals surface area contributed by atoms with Crippen LogP contribution in [0.5, 0.6) is 0 Å². The van der Waals surface area contributed by atoms with Crippen LogP contribution in [-0.4, -0.2) is 59.0 Å². The molecule has 1 saturated heterocycles. The average Bonchev–Trinajstić information content (AvgIpc) is 2.96. The van der Waals surface area contributed by atoms with Crippen LogP contribution in [0.3, 0.4) is 0 Å². The zero-order chi connectivity index (χ0) is 13.5. The molecule has 102 valence electrons. The van der Waals surface area contributed by atoms with E-state index in [4.69, 9.17) is 5.11 Å². The Morgan fingerprint density at radius 2 is 1.72 bits per heavy atom. The van der Waals surface area contributed by atoms with Crippen LogP contribution in [0.15, 0.2) is 0 Å². The molecule has 2 aliphatic rings. The molecule has 0 aromatic carbocycles. The number of carboxylic acids is 1. The van der Waals surface area contributed by atoms with Gasteiger partial charge in [-0.15, -0.1) is 0 Å². The van der Waals surface area contributed by atoms with Gasteiger partial charge in [0.2, 0.25) is 5.91 Å². The molecular formula is C13H22N2O3.